The van der Waals surface area contributed by atoms with E-state index in [4.69, 9.17) is 11.5 Å². The lowest BCUT2D eigenvalue weighted by Gasteiger charge is -2.24. The molecule has 2 atom stereocenters. The molecule has 0 saturated heterocycles. The zero-order valence-electron chi connectivity index (χ0n) is 6.77. The zero-order valence-corrected chi connectivity index (χ0v) is 10.0. The Morgan fingerprint density at radius 2 is 0.917 bits per heavy atom. The normalized spacial score (nSPS) is 26.5. The first-order chi connectivity index (χ1) is 3.80. The fraction of sp³-hybridized carbons (Fsp3) is 1.00. The topological polar surface area (TPSA) is 52.0 Å². The van der Waals surface area contributed by atoms with Crippen molar-refractivity contribution in [2.75, 3.05) is 0 Å². The maximum Gasteiger partial charge on any atom is 0.0192 e. The highest BCUT2D eigenvalue weighted by Crippen LogP contribution is 2.14. The van der Waals surface area contributed by atoms with Gasteiger partial charge in [-0.2, -0.15) is 0 Å². The number of halogens is 4. The second kappa shape index (κ2) is 12.1. The molecule has 0 aliphatic heterocycles. The Morgan fingerprint density at radius 3 is 1.08 bits per heavy atom. The minimum atomic E-state index is 0. The molecule has 1 saturated carbocycles. The van der Waals surface area contributed by atoms with E-state index in [0.717, 1.165) is 12.8 Å². The molecular weight excluding hydrogens is 242 g/mol. The van der Waals surface area contributed by atoms with Crippen LogP contribution < -0.4 is 11.5 Å². The van der Waals surface area contributed by atoms with Gasteiger partial charge in [-0.3, -0.25) is 0 Å². The van der Waals surface area contributed by atoms with Gasteiger partial charge in [0, 0.05) is 12.1 Å². The molecule has 0 aromatic rings. The summed E-state index contributed by atoms with van der Waals surface area (Å²) in [5, 5.41) is 0. The third kappa shape index (κ3) is 7.71. The monoisotopic (exact) mass is 258 g/mol. The van der Waals surface area contributed by atoms with Gasteiger partial charge in [0.05, 0.1) is 0 Å². The molecule has 6 heteroatoms. The maximum atomic E-state index is 5.65. The first kappa shape index (κ1) is 23.2. The largest absolute Gasteiger partial charge is 0.326 e. The molecule has 1 rings (SSSR count). The van der Waals surface area contributed by atoms with Gasteiger partial charge in [-0.15, -0.1) is 49.6 Å². The highest BCUT2D eigenvalue weighted by molar-refractivity contribution is 5.86. The highest BCUT2D eigenvalue weighted by atomic mass is 35.5. The van der Waals surface area contributed by atoms with Crippen molar-refractivity contribution in [2.24, 2.45) is 11.5 Å². The van der Waals surface area contributed by atoms with Gasteiger partial charge in [0.25, 0.3) is 0 Å². The molecule has 80 valence electrons. The molecule has 4 N–H and O–H groups in total. The van der Waals surface area contributed by atoms with Crippen LogP contribution in [0.25, 0.3) is 0 Å². The summed E-state index contributed by atoms with van der Waals surface area (Å²) in [5.74, 6) is 0. The Balaban J connectivity index is -0.0000000800. The minimum Gasteiger partial charge on any atom is -0.326 e. The van der Waals surface area contributed by atoms with Gasteiger partial charge in [-0.05, 0) is 12.8 Å². The Bertz CT molecular complexity index is 73.9. The molecule has 2 nitrogen and oxygen atoms in total. The lowest BCUT2D eigenvalue weighted by atomic mass is 9.92. The van der Waals surface area contributed by atoms with E-state index < -0.39 is 0 Å². The molecule has 0 radical (unpaired) electrons. The predicted molar refractivity (Wildman–Crippen MR) is 63.4 cm³/mol. The smallest absolute Gasteiger partial charge is 0.0192 e. The van der Waals surface area contributed by atoms with Crippen molar-refractivity contribution in [3.05, 3.63) is 0 Å². The molecule has 2 unspecified atom stereocenters. The van der Waals surface area contributed by atoms with Crippen LogP contribution in [0.1, 0.15) is 25.7 Å². The van der Waals surface area contributed by atoms with Crippen LogP contribution in [0.15, 0.2) is 0 Å². The molecule has 0 heterocycles. The summed E-state index contributed by atoms with van der Waals surface area (Å²) in [6.45, 7) is 0. The van der Waals surface area contributed by atoms with Gasteiger partial charge in [0.1, 0.15) is 0 Å². The van der Waals surface area contributed by atoms with Crippen molar-refractivity contribution in [1.82, 2.24) is 0 Å². The Hall–Kier alpha value is 1.08. The van der Waals surface area contributed by atoms with Gasteiger partial charge in [-0.25, -0.2) is 0 Å². The molecule has 12 heavy (non-hydrogen) atoms. The van der Waals surface area contributed by atoms with E-state index in [0.29, 0.717) is 0 Å². The van der Waals surface area contributed by atoms with Crippen molar-refractivity contribution in [3.63, 3.8) is 0 Å². The Labute approximate surface area is 98.9 Å². The van der Waals surface area contributed by atoms with E-state index >= 15 is 0 Å². The third-order valence-electron chi connectivity index (χ3n) is 1.87. The van der Waals surface area contributed by atoms with Crippen LogP contribution in [0, 0.1) is 0 Å². The van der Waals surface area contributed by atoms with Crippen LogP contribution in [0.3, 0.4) is 0 Å². The van der Waals surface area contributed by atoms with Crippen LogP contribution in [0.2, 0.25) is 0 Å². The molecule has 1 aliphatic rings. The second-order valence-electron chi connectivity index (χ2n) is 2.61. The molecule has 1 aliphatic carbocycles. The summed E-state index contributed by atoms with van der Waals surface area (Å²) < 4.78 is 0. The first-order valence-corrected chi connectivity index (χ1v) is 3.32. The van der Waals surface area contributed by atoms with Crippen LogP contribution in [0.4, 0.5) is 0 Å². The van der Waals surface area contributed by atoms with Gasteiger partial charge in [0.2, 0.25) is 0 Å². The average Bonchev–Trinajstić information content (AvgIpc) is 1.77. The average molecular weight is 260 g/mol. The lowest BCUT2D eigenvalue weighted by molar-refractivity contribution is 0.385. The summed E-state index contributed by atoms with van der Waals surface area (Å²) >= 11 is 0. The molecular formula is C6H18Cl4N2. The fourth-order valence-electron chi connectivity index (χ4n) is 1.19. The van der Waals surface area contributed by atoms with Crippen LogP contribution in [-0.4, -0.2) is 12.1 Å². The van der Waals surface area contributed by atoms with Gasteiger partial charge < -0.3 is 11.5 Å². The summed E-state index contributed by atoms with van der Waals surface area (Å²) in [4.78, 5) is 0. The van der Waals surface area contributed by atoms with E-state index in [1.165, 1.54) is 12.8 Å². The van der Waals surface area contributed by atoms with Crippen LogP contribution >= 0.6 is 49.6 Å². The second-order valence-corrected chi connectivity index (χ2v) is 2.61. The summed E-state index contributed by atoms with van der Waals surface area (Å²) in [7, 11) is 0. The highest BCUT2D eigenvalue weighted by Gasteiger charge is 2.16. The minimum absolute atomic E-state index is 0. The Morgan fingerprint density at radius 1 is 0.667 bits per heavy atom. The van der Waals surface area contributed by atoms with Gasteiger partial charge in [-0.1, -0.05) is 12.8 Å². The summed E-state index contributed by atoms with van der Waals surface area (Å²) in [6.07, 6.45) is 4.80. The van der Waals surface area contributed by atoms with Crippen LogP contribution in [0.5, 0.6) is 0 Å². The van der Waals surface area contributed by atoms with E-state index in [9.17, 15) is 0 Å². The van der Waals surface area contributed by atoms with E-state index in [2.05, 4.69) is 0 Å². The molecule has 0 amide bonds. The predicted octanol–water partition coefficient (Wildman–Crippen LogP) is 1.90. The molecule has 0 aromatic heterocycles. The van der Waals surface area contributed by atoms with E-state index in [1.54, 1.807) is 0 Å². The van der Waals surface area contributed by atoms with Gasteiger partial charge >= 0.3 is 0 Å². The van der Waals surface area contributed by atoms with Crippen molar-refractivity contribution in [2.45, 2.75) is 37.8 Å². The first-order valence-electron chi connectivity index (χ1n) is 3.32. The maximum absolute atomic E-state index is 5.65. The summed E-state index contributed by atoms with van der Waals surface area (Å²) in [5.41, 5.74) is 11.3. The molecule has 0 bridgehead atoms. The molecule has 0 aromatic carbocycles. The molecule has 1 fully saturated rings. The quantitative estimate of drug-likeness (QED) is 0.698. The van der Waals surface area contributed by atoms with Crippen molar-refractivity contribution in [1.29, 1.82) is 0 Å². The number of hydrogen-bond donors (Lipinski definition) is 2. The fourth-order valence-corrected chi connectivity index (χ4v) is 1.19. The van der Waals surface area contributed by atoms with Crippen molar-refractivity contribution < 1.29 is 0 Å². The van der Waals surface area contributed by atoms with E-state index in [1.807, 2.05) is 0 Å². The summed E-state index contributed by atoms with van der Waals surface area (Å²) in [6, 6.07) is 0.562. The third-order valence-corrected chi connectivity index (χ3v) is 1.87. The van der Waals surface area contributed by atoms with E-state index in [-0.39, 0.29) is 61.7 Å². The number of nitrogens with two attached hydrogens (primary N) is 2. The standard InChI is InChI=1S/C6H14N2.4ClH/c7-5-3-1-2-4-6(5)8;;;;/h5-6H,1-4,7-8H2;4*1H. The van der Waals surface area contributed by atoms with Crippen molar-refractivity contribution in [3.8, 4) is 0 Å². The van der Waals surface area contributed by atoms with Crippen LogP contribution in [-0.2, 0) is 0 Å². The number of hydrogen-bond acceptors (Lipinski definition) is 2. The van der Waals surface area contributed by atoms with Crippen molar-refractivity contribution >= 4 is 49.6 Å². The lowest BCUT2D eigenvalue weighted by Crippen LogP contribution is -2.43. The molecule has 0 spiro atoms. The SMILES string of the molecule is Cl.Cl.Cl.Cl.NC1CCCCC1N. The zero-order chi connectivity index (χ0) is 5.98. The number of rotatable bonds is 0. The Kier molecular flexibility index (Phi) is 23.3. The van der Waals surface area contributed by atoms with Gasteiger partial charge in [0.15, 0.2) is 0 Å².